The second-order valence-corrected chi connectivity index (χ2v) is 8.81. The van der Waals surface area contributed by atoms with E-state index in [1.807, 2.05) is 0 Å². The third-order valence-corrected chi connectivity index (χ3v) is 7.29. The van der Waals surface area contributed by atoms with Crippen LogP contribution in [0.2, 0.25) is 0 Å². The quantitative estimate of drug-likeness (QED) is 0.699. The molecule has 0 saturated heterocycles. The summed E-state index contributed by atoms with van der Waals surface area (Å²) in [7, 11) is 2.97. The Morgan fingerprint density at radius 1 is 0.783 bits per heavy atom. The zero-order valence-electron chi connectivity index (χ0n) is 14.5. The SMILES string of the molecule is CCC(C)(C)P(c1ccc(OC)cc1)c1ccc(OC)cc1.Cl. The average Bonchev–Trinajstić information content (AvgIpc) is 2.56. The van der Waals surface area contributed by atoms with Gasteiger partial charge in [0.25, 0.3) is 0 Å². The van der Waals surface area contributed by atoms with Gasteiger partial charge in [0.05, 0.1) is 14.2 Å². The van der Waals surface area contributed by atoms with Gasteiger partial charge in [0.2, 0.25) is 0 Å². The molecular weight excluding hydrogens is 327 g/mol. The van der Waals surface area contributed by atoms with Gasteiger partial charge in [0.15, 0.2) is 0 Å². The van der Waals surface area contributed by atoms with Crippen LogP contribution in [0.1, 0.15) is 27.2 Å². The molecule has 2 nitrogen and oxygen atoms in total. The predicted octanol–water partition coefficient (Wildman–Crippen LogP) is 4.75. The lowest BCUT2D eigenvalue weighted by Gasteiger charge is -2.35. The fourth-order valence-corrected chi connectivity index (χ4v) is 5.38. The van der Waals surface area contributed by atoms with Gasteiger partial charge in [-0.05, 0) is 54.4 Å². The summed E-state index contributed by atoms with van der Waals surface area (Å²) >= 11 is 0. The minimum Gasteiger partial charge on any atom is -0.497 e. The van der Waals surface area contributed by atoms with Gasteiger partial charge in [-0.2, -0.15) is 0 Å². The average molecular weight is 353 g/mol. The summed E-state index contributed by atoms with van der Waals surface area (Å²) in [6.45, 7) is 6.97. The zero-order valence-corrected chi connectivity index (χ0v) is 16.2. The van der Waals surface area contributed by atoms with Crippen LogP contribution in [0.25, 0.3) is 0 Å². The van der Waals surface area contributed by atoms with Crippen LogP contribution >= 0.6 is 20.3 Å². The molecule has 0 spiro atoms. The van der Waals surface area contributed by atoms with Crippen LogP contribution in [0.15, 0.2) is 48.5 Å². The zero-order chi connectivity index (χ0) is 16.2. The van der Waals surface area contributed by atoms with Crippen molar-refractivity contribution in [1.82, 2.24) is 0 Å². The lowest BCUT2D eigenvalue weighted by Crippen LogP contribution is -2.28. The highest BCUT2D eigenvalue weighted by Gasteiger charge is 2.30. The first-order valence-electron chi connectivity index (χ1n) is 7.60. The highest BCUT2D eigenvalue weighted by molar-refractivity contribution is 7.74. The molecule has 4 heteroatoms. The molecule has 23 heavy (non-hydrogen) atoms. The molecule has 0 aromatic heterocycles. The van der Waals surface area contributed by atoms with E-state index in [1.54, 1.807) is 14.2 Å². The number of rotatable bonds is 6. The molecule has 126 valence electrons. The van der Waals surface area contributed by atoms with Crippen molar-refractivity contribution in [3.05, 3.63) is 48.5 Å². The smallest absolute Gasteiger partial charge is 0.118 e. The van der Waals surface area contributed by atoms with Crippen molar-refractivity contribution in [2.75, 3.05) is 14.2 Å². The van der Waals surface area contributed by atoms with E-state index in [1.165, 1.54) is 10.6 Å². The molecule has 0 atom stereocenters. The van der Waals surface area contributed by atoms with Gasteiger partial charge in [-0.25, -0.2) is 0 Å². The number of methoxy groups -OCH3 is 2. The van der Waals surface area contributed by atoms with Crippen molar-refractivity contribution < 1.29 is 9.47 Å². The Morgan fingerprint density at radius 2 is 1.13 bits per heavy atom. The molecule has 0 saturated carbocycles. The van der Waals surface area contributed by atoms with Crippen molar-refractivity contribution in [3.63, 3.8) is 0 Å². The Morgan fingerprint density at radius 3 is 1.39 bits per heavy atom. The van der Waals surface area contributed by atoms with Crippen LogP contribution in [-0.2, 0) is 0 Å². The molecule has 0 aliphatic heterocycles. The van der Waals surface area contributed by atoms with E-state index in [0.29, 0.717) is 0 Å². The standard InChI is InChI=1S/C19H25O2P.ClH/c1-6-19(2,3)22(17-11-7-15(20-4)8-12-17)18-13-9-16(21-5)10-14-18;/h7-14H,6H2,1-5H3;1H. The fraction of sp³-hybridized carbons (Fsp3) is 0.368. The summed E-state index contributed by atoms with van der Waals surface area (Å²) in [5.41, 5.74) is 0. The number of hydrogen-bond acceptors (Lipinski definition) is 2. The molecule has 0 unspecified atom stereocenters. The van der Waals surface area contributed by atoms with E-state index in [2.05, 4.69) is 69.3 Å². The van der Waals surface area contributed by atoms with Crippen LogP contribution in [0.4, 0.5) is 0 Å². The van der Waals surface area contributed by atoms with E-state index in [0.717, 1.165) is 17.9 Å². The predicted molar refractivity (Wildman–Crippen MR) is 104 cm³/mol. The molecule has 0 amide bonds. The largest absolute Gasteiger partial charge is 0.497 e. The first-order chi connectivity index (χ1) is 10.5. The summed E-state index contributed by atoms with van der Waals surface area (Å²) < 4.78 is 10.6. The van der Waals surface area contributed by atoms with E-state index in [9.17, 15) is 0 Å². The Labute approximate surface area is 147 Å². The molecule has 0 radical (unpaired) electrons. The third kappa shape index (κ3) is 4.62. The normalized spacial score (nSPS) is 11.0. The maximum atomic E-state index is 5.29. The molecule has 2 aromatic rings. The van der Waals surface area contributed by atoms with Gasteiger partial charge in [-0.3, -0.25) is 0 Å². The maximum Gasteiger partial charge on any atom is 0.118 e. The lowest BCUT2D eigenvalue weighted by atomic mass is 10.1. The summed E-state index contributed by atoms with van der Waals surface area (Å²) in [4.78, 5) is 0. The van der Waals surface area contributed by atoms with Gasteiger partial charge in [0.1, 0.15) is 11.5 Å². The van der Waals surface area contributed by atoms with Crippen LogP contribution in [-0.4, -0.2) is 19.4 Å². The van der Waals surface area contributed by atoms with E-state index < -0.39 is 7.92 Å². The van der Waals surface area contributed by atoms with Crippen LogP contribution in [0, 0.1) is 0 Å². The number of benzene rings is 2. The molecule has 0 heterocycles. The topological polar surface area (TPSA) is 18.5 Å². The summed E-state index contributed by atoms with van der Waals surface area (Å²) in [5.74, 6) is 1.81. The molecule has 0 bridgehead atoms. The number of ether oxygens (including phenoxy) is 2. The van der Waals surface area contributed by atoms with Gasteiger partial charge in [-0.15, -0.1) is 12.4 Å². The van der Waals surface area contributed by atoms with E-state index in [-0.39, 0.29) is 17.6 Å². The first kappa shape index (κ1) is 19.8. The van der Waals surface area contributed by atoms with Gasteiger partial charge < -0.3 is 9.47 Å². The van der Waals surface area contributed by atoms with Gasteiger partial charge in [-0.1, -0.05) is 45.0 Å². The molecule has 0 aliphatic rings. The Balaban J connectivity index is 0.00000264. The maximum absolute atomic E-state index is 5.29. The van der Waals surface area contributed by atoms with E-state index in [4.69, 9.17) is 9.47 Å². The molecule has 2 aromatic carbocycles. The van der Waals surface area contributed by atoms with Crippen molar-refractivity contribution in [1.29, 1.82) is 0 Å². The highest BCUT2D eigenvalue weighted by Crippen LogP contribution is 2.49. The Hall–Kier alpha value is -1.24. The summed E-state index contributed by atoms with van der Waals surface area (Å²) in [5, 5.41) is 3.00. The first-order valence-corrected chi connectivity index (χ1v) is 8.94. The van der Waals surface area contributed by atoms with Crippen LogP contribution in [0.5, 0.6) is 11.5 Å². The van der Waals surface area contributed by atoms with Gasteiger partial charge in [0, 0.05) is 0 Å². The number of hydrogen-bond donors (Lipinski definition) is 0. The monoisotopic (exact) mass is 352 g/mol. The molecule has 0 fully saturated rings. The van der Waals surface area contributed by atoms with Crippen molar-refractivity contribution in [3.8, 4) is 11.5 Å². The van der Waals surface area contributed by atoms with Crippen LogP contribution in [0.3, 0.4) is 0 Å². The number of halogens is 1. The fourth-order valence-electron chi connectivity index (χ4n) is 2.47. The molecule has 2 rings (SSSR count). The van der Waals surface area contributed by atoms with Crippen LogP contribution < -0.4 is 20.1 Å². The molecule has 0 N–H and O–H groups in total. The Kier molecular flexibility index (Phi) is 7.38. The molecule has 0 aliphatic carbocycles. The second kappa shape index (κ2) is 8.57. The minimum absolute atomic E-state index is 0. The summed E-state index contributed by atoms with van der Waals surface area (Å²) in [6.07, 6.45) is 1.14. The van der Waals surface area contributed by atoms with Crippen molar-refractivity contribution in [2.45, 2.75) is 32.3 Å². The van der Waals surface area contributed by atoms with Crippen molar-refractivity contribution in [2.24, 2.45) is 0 Å². The summed E-state index contributed by atoms with van der Waals surface area (Å²) in [6, 6.07) is 17.0. The second-order valence-electron chi connectivity index (χ2n) is 5.90. The van der Waals surface area contributed by atoms with E-state index >= 15 is 0 Å². The van der Waals surface area contributed by atoms with Gasteiger partial charge >= 0.3 is 0 Å². The van der Waals surface area contributed by atoms with Crippen molar-refractivity contribution >= 4 is 30.9 Å². The third-order valence-electron chi connectivity index (χ3n) is 4.13. The molecular formula is C19H26ClO2P. The highest BCUT2D eigenvalue weighted by atomic mass is 35.5. The minimum atomic E-state index is -0.440. The lowest BCUT2D eigenvalue weighted by molar-refractivity contribution is 0.415. The Bertz CT molecular complexity index is 546.